The van der Waals surface area contributed by atoms with Crippen molar-refractivity contribution < 1.29 is 14.2 Å². The van der Waals surface area contributed by atoms with Gasteiger partial charge >= 0.3 is 0 Å². The predicted octanol–water partition coefficient (Wildman–Crippen LogP) is 0.787. The Bertz CT molecular complexity index is 407. The van der Waals surface area contributed by atoms with E-state index in [-0.39, 0.29) is 11.8 Å². The fraction of sp³-hybridized carbons (Fsp3) is 0.533. The first-order valence-corrected chi connectivity index (χ1v) is 7.13. The number of amides is 2. The molecule has 0 aromatic carbocycles. The quantitative estimate of drug-likeness (QED) is 0.518. The zero-order valence-electron chi connectivity index (χ0n) is 12.1. The highest BCUT2D eigenvalue weighted by Crippen LogP contribution is 1.95. The summed E-state index contributed by atoms with van der Waals surface area (Å²) in [6, 6.07) is 5.99. The molecule has 0 saturated carbocycles. The molecule has 1 rings (SSSR count). The number of aryl methyl sites for hydroxylation is 1. The summed E-state index contributed by atoms with van der Waals surface area (Å²) in [5.74, 6) is 0.0561. The van der Waals surface area contributed by atoms with Gasteiger partial charge in [-0.2, -0.15) is 0 Å². The third kappa shape index (κ3) is 8.24. The van der Waals surface area contributed by atoms with Crippen LogP contribution in [0.5, 0.6) is 0 Å². The van der Waals surface area contributed by atoms with E-state index in [9.17, 15) is 9.59 Å². The van der Waals surface area contributed by atoms with Crippen molar-refractivity contribution in [3.05, 3.63) is 30.6 Å². The first-order chi connectivity index (χ1) is 9.68. The normalized spacial score (nSPS) is 10.1. The molecule has 2 amide bonds. The second-order valence-corrected chi connectivity index (χ2v) is 4.76. The van der Waals surface area contributed by atoms with Gasteiger partial charge < -0.3 is 10.6 Å². The van der Waals surface area contributed by atoms with Crippen molar-refractivity contribution in [3.8, 4) is 0 Å². The molecule has 0 aliphatic heterocycles. The molecule has 0 spiro atoms. The molecule has 1 aromatic rings. The molecule has 0 aliphatic rings. The third-order valence-corrected chi connectivity index (χ3v) is 2.90. The lowest BCUT2D eigenvalue weighted by molar-refractivity contribution is -0.697. The first-order valence-electron chi connectivity index (χ1n) is 7.13. The Hall–Kier alpha value is -1.91. The minimum Gasteiger partial charge on any atom is -0.356 e. The Morgan fingerprint density at radius 2 is 1.65 bits per heavy atom. The number of nitrogens with one attached hydrogen (secondary N) is 2. The van der Waals surface area contributed by atoms with E-state index in [1.807, 2.05) is 30.6 Å². The van der Waals surface area contributed by atoms with Crippen LogP contribution >= 0.6 is 0 Å². The Morgan fingerprint density at radius 3 is 2.35 bits per heavy atom. The lowest BCUT2D eigenvalue weighted by Crippen LogP contribution is -2.32. The summed E-state index contributed by atoms with van der Waals surface area (Å²) in [4.78, 5) is 22.2. The summed E-state index contributed by atoms with van der Waals surface area (Å²) in [5.41, 5.74) is 0. The molecule has 0 atom stereocenters. The fourth-order valence-electron chi connectivity index (χ4n) is 1.83. The van der Waals surface area contributed by atoms with Crippen molar-refractivity contribution in [2.75, 3.05) is 13.1 Å². The molecule has 0 unspecified atom stereocenters. The second kappa shape index (κ2) is 9.95. The smallest absolute Gasteiger partial charge is 0.219 e. The molecule has 1 heterocycles. The van der Waals surface area contributed by atoms with E-state index < -0.39 is 0 Å². The lowest BCUT2D eigenvalue weighted by atomic mass is 10.2. The van der Waals surface area contributed by atoms with Gasteiger partial charge in [-0.15, -0.1) is 0 Å². The summed E-state index contributed by atoms with van der Waals surface area (Å²) >= 11 is 0. The number of hydrogen-bond acceptors (Lipinski definition) is 2. The average molecular weight is 278 g/mol. The van der Waals surface area contributed by atoms with Gasteiger partial charge in [0, 0.05) is 45.0 Å². The second-order valence-electron chi connectivity index (χ2n) is 4.76. The monoisotopic (exact) mass is 278 g/mol. The number of pyridine rings is 1. The number of hydrogen-bond donors (Lipinski definition) is 2. The van der Waals surface area contributed by atoms with Gasteiger partial charge in [-0.3, -0.25) is 9.59 Å². The highest BCUT2D eigenvalue weighted by Gasteiger charge is 2.02. The van der Waals surface area contributed by atoms with E-state index in [1.165, 1.54) is 6.92 Å². The van der Waals surface area contributed by atoms with Crippen LogP contribution in [0.15, 0.2) is 30.6 Å². The average Bonchev–Trinajstić information content (AvgIpc) is 2.44. The summed E-state index contributed by atoms with van der Waals surface area (Å²) in [6.07, 6.45) is 7.27. The predicted molar refractivity (Wildman–Crippen MR) is 76.8 cm³/mol. The number of unbranched alkanes of at least 4 members (excludes halogenated alkanes) is 1. The zero-order valence-corrected chi connectivity index (χ0v) is 12.1. The number of rotatable bonds is 9. The Balaban J connectivity index is 1.96. The van der Waals surface area contributed by atoms with Gasteiger partial charge in [-0.25, -0.2) is 4.57 Å². The van der Waals surface area contributed by atoms with E-state index in [4.69, 9.17) is 0 Å². The van der Waals surface area contributed by atoms with Crippen molar-refractivity contribution in [2.24, 2.45) is 0 Å². The molecule has 0 radical (unpaired) electrons. The van der Waals surface area contributed by atoms with Crippen molar-refractivity contribution in [2.45, 2.75) is 39.2 Å². The molecule has 0 bridgehead atoms. The van der Waals surface area contributed by atoms with Gasteiger partial charge in [0.25, 0.3) is 0 Å². The van der Waals surface area contributed by atoms with Crippen molar-refractivity contribution in [3.63, 3.8) is 0 Å². The molecular formula is C15H24N3O2+. The van der Waals surface area contributed by atoms with E-state index in [0.29, 0.717) is 19.5 Å². The van der Waals surface area contributed by atoms with Crippen LogP contribution in [0.3, 0.4) is 0 Å². The number of aromatic nitrogens is 1. The van der Waals surface area contributed by atoms with Crippen LogP contribution in [0.25, 0.3) is 0 Å². The maximum Gasteiger partial charge on any atom is 0.219 e. The van der Waals surface area contributed by atoms with Gasteiger partial charge in [-0.1, -0.05) is 6.07 Å². The number of nitrogens with zero attached hydrogens (tertiary/aromatic N) is 1. The zero-order chi connectivity index (χ0) is 14.6. The maximum atomic E-state index is 11.5. The summed E-state index contributed by atoms with van der Waals surface area (Å²) in [6.45, 7) is 3.66. The standard InChI is InChI=1S/C15H23N3O2/c1-14(19)16-9-7-10-17-15(20)8-3-6-13-18-11-4-2-5-12-18/h2,4-5,11-12H,3,6-10,13H2,1H3,(H-,16,17,19,20)/p+1. The van der Waals surface area contributed by atoms with E-state index in [1.54, 1.807) is 0 Å². The number of carbonyl (C=O) groups is 2. The molecule has 0 fully saturated rings. The van der Waals surface area contributed by atoms with Crippen LogP contribution in [0.1, 0.15) is 32.6 Å². The minimum atomic E-state index is -0.0326. The van der Waals surface area contributed by atoms with Crippen molar-refractivity contribution in [1.82, 2.24) is 10.6 Å². The minimum absolute atomic E-state index is 0.0326. The largest absolute Gasteiger partial charge is 0.356 e. The van der Waals surface area contributed by atoms with Gasteiger partial charge in [-0.05, 0) is 12.8 Å². The molecular weight excluding hydrogens is 254 g/mol. The maximum absolute atomic E-state index is 11.5. The third-order valence-electron chi connectivity index (χ3n) is 2.90. The highest BCUT2D eigenvalue weighted by atomic mass is 16.2. The van der Waals surface area contributed by atoms with E-state index in [0.717, 1.165) is 25.8 Å². The van der Waals surface area contributed by atoms with Crippen LogP contribution in [0.2, 0.25) is 0 Å². The summed E-state index contributed by atoms with van der Waals surface area (Å²) in [5, 5.41) is 5.55. The van der Waals surface area contributed by atoms with Crippen LogP contribution in [-0.2, 0) is 16.1 Å². The summed E-state index contributed by atoms with van der Waals surface area (Å²) in [7, 11) is 0. The fourth-order valence-corrected chi connectivity index (χ4v) is 1.83. The van der Waals surface area contributed by atoms with Gasteiger partial charge in [0.15, 0.2) is 12.4 Å². The summed E-state index contributed by atoms with van der Waals surface area (Å²) < 4.78 is 2.12. The van der Waals surface area contributed by atoms with Gasteiger partial charge in [0.2, 0.25) is 11.8 Å². The highest BCUT2D eigenvalue weighted by molar-refractivity contribution is 5.75. The SMILES string of the molecule is CC(=O)NCCCNC(=O)CCCC[n+]1ccccc1. The first kappa shape index (κ1) is 16.1. The molecule has 5 nitrogen and oxygen atoms in total. The van der Waals surface area contributed by atoms with E-state index >= 15 is 0 Å². The van der Waals surface area contributed by atoms with Crippen LogP contribution in [0.4, 0.5) is 0 Å². The molecule has 5 heteroatoms. The molecule has 0 aliphatic carbocycles. The molecule has 20 heavy (non-hydrogen) atoms. The van der Waals surface area contributed by atoms with Gasteiger partial charge in [0.1, 0.15) is 6.54 Å². The molecule has 1 aromatic heterocycles. The Kier molecular flexibility index (Phi) is 8.03. The number of carbonyl (C=O) groups excluding carboxylic acids is 2. The van der Waals surface area contributed by atoms with Crippen molar-refractivity contribution in [1.29, 1.82) is 0 Å². The van der Waals surface area contributed by atoms with Crippen LogP contribution in [0, 0.1) is 0 Å². The van der Waals surface area contributed by atoms with Gasteiger partial charge in [0.05, 0.1) is 0 Å². The topological polar surface area (TPSA) is 62.1 Å². The van der Waals surface area contributed by atoms with Crippen molar-refractivity contribution >= 4 is 11.8 Å². The Labute approximate surface area is 120 Å². The van der Waals surface area contributed by atoms with E-state index in [2.05, 4.69) is 15.2 Å². The molecule has 110 valence electrons. The lowest BCUT2D eigenvalue weighted by Gasteiger charge is -2.05. The Morgan fingerprint density at radius 1 is 0.950 bits per heavy atom. The molecule has 0 saturated heterocycles. The molecule has 2 N–H and O–H groups in total. The van der Waals surface area contributed by atoms with Crippen LogP contribution in [-0.4, -0.2) is 24.9 Å². The van der Waals surface area contributed by atoms with Crippen LogP contribution < -0.4 is 15.2 Å².